The third kappa shape index (κ3) is 3.11. The standard InChI is InChI=1S/C19H19BrO/c1-13-11-16(9-10-18(13)20)19(21)12-15-7-4-6-14-5-2-3-8-17(14)15/h2-3,5,8-11,15H,4,6-7,12H2,1H3. The Kier molecular flexibility index (Phi) is 4.25. The van der Waals surface area contributed by atoms with E-state index in [1.54, 1.807) is 0 Å². The van der Waals surface area contributed by atoms with Gasteiger partial charge in [-0.3, -0.25) is 4.79 Å². The molecule has 0 radical (unpaired) electrons. The SMILES string of the molecule is Cc1cc(C(=O)CC2CCCc3ccccc32)ccc1Br. The highest BCUT2D eigenvalue weighted by Crippen LogP contribution is 2.34. The fourth-order valence-corrected chi connectivity index (χ4v) is 3.47. The zero-order valence-electron chi connectivity index (χ0n) is 12.2. The minimum atomic E-state index is 0.257. The van der Waals surface area contributed by atoms with Crippen molar-refractivity contribution in [3.63, 3.8) is 0 Å². The molecular formula is C19H19BrO. The number of fused-ring (bicyclic) bond motifs is 1. The first-order chi connectivity index (χ1) is 10.1. The minimum Gasteiger partial charge on any atom is -0.294 e. The molecule has 21 heavy (non-hydrogen) atoms. The molecule has 1 aliphatic rings. The molecule has 0 saturated heterocycles. The smallest absolute Gasteiger partial charge is 0.163 e. The first kappa shape index (κ1) is 14.5. The van der Waals surface area contributed by atoms with Gasteiger partial charge in [-0.05, 0) is 60.9 Å². The number of ketones is 1. The van der Waals surface area contributed by atoms with Gasteiger partial charge in [0.15, 0.2) is 5.78 Å². The Morgan fingerprint density at radius 2 is 2.05 bits per heavy atom. The van der Waals surface area contributed by atoms with Crippen LogP contribution in [-0.2, 0) is 6.42 Å². The van der Waals surface area contributed by atoms with Crippen molar-refractivity contribution in [3.8, 4) is 0 Å². The van der Waals surface area contributed by atoms with Crippen LogP contribution >= 0.6 is 15.9 Å². The molecule has 0 spiro atoms. The van der Waals surface area contributed by atoms with Crippen molar-refractivity contribution in [1.82, 2.24) is 0 Å². The van der Waals surface area contributed by atoms with Crippen LogP contribution in [0.15, 0.2) is 46.9 Å². The molecule has 3 rings (SSSR count). The minimum absolute atomic E-state index is 0.257. The second-order valence-corrected chi connectivity index (χ2v) is 6.73. The molecular weight excluding hydrogens is 324 g/mol. The number of benzene rings is 2. The summed E-state index contributed by atoms with van der Waals surface area (Å²) in [7, 11) is 0. The number of aryl methyl sites for hydroxylation is 2. The van der Waals surface area contributed by atoms with E-state index in [0.29, 0.717) is 12.3 Å². The summed E-state index contributed by atoms with van der Waals surface area (Å²) in [6.07, 6.45) is 4.09. The van der Waals surface area contributed by atoms with Crippen LogP contribution in [0.3, 0.4) is 0 Å². The van der Waals surface area contributed by atoms with Crippen molar-refractivity contribution in [2.75, 3.05) is 0 Å². The molecule has 2 heteroatoms. The summed E-state index contributed by atoms with van der Waals surface area (Å²) in [5.41, 5.74) is 4.75. The van der Waals surface area contributed by atoms with Crippen LogP contribution in [0.2, 0.25) is 0 Å². The van der Waals surface area contributed by atoms with E-state index in [1.165, 1.54) is 17.5 Å². The maximum absolute atomic E-state index is 12.6. The van der Waals surface area contributed by atoms with Gasteiger partial charge in [0, 0.05) is 16.5 Å². The van der Waals surface area contributed by atoms with E-state index in [1.807, 2.05) is 25.1 Å². The third-order valence-electron chi connectivity index (χ3n) is 4.41. The van der Waals surface area contributed by atoms with Crippen LogP contribution in [0, 0.1) is 6.92 Å². The van der Waals surface area contributed by atoms with Gasteiger partial charge in [0.1, 0.15) is 0 Å². The highest BCUT2D eigenvalue weighted by Gasteiger charge is 2.22. The summed E-state index contributed by atoms with van der Waals surface area (Å²) < 4.78 is 1.06. The highest BCUT2D eigenvalue weighted by molar-refractivity contribution is 9.10. The Morgan fingerprint density at radius 3 is 2.86 bits per heavy atom. The molecule has 1 aliphatic carbocycles. The fraction of sp³-hybridized carbons (Fsp3) is 0.316. The largest absolute Gasteiger partial charge is 0.294 e. The van der Waals surface area contributed by atoms with Crippen molar-refractivity contribution >= 4 is 21.7 Å². The maximum Gasteiger partial charge on any atom is 0.163 e. The summed E-state index contributed by atoms with van der Waals surface area (Å²) in [4.78, 5) is 12.6. The summed E-state index contributed by atoms with van der Waals surface area (Å²) in [6, 6.07) is 14.5. The number of carbonyl (C=O) groups is 1. The van der Waals surface area contributed by atoms with Crippen LogP contribution in [0.1, 0.15) is 52.2 Å². The zero-order valence-corrected chi connectivity index (χ0v) is 13.8. The topological polar surface area (TPSA) is 17.1 Å². The average Bonchev–Trinajstić information content (AvgIpc) is 2.50. The zero-order chi connectivity index (χ0) is 14.8. The summed E-state index contributed by atoms with van der Waals surface area (Å²) in [6.45, 7) is 2.02. The molecule has 0 bridgehead atoms. The molecule has 0 amide bonds. The summed E-state index contributed by atoms with van der Waals surface area (Å²) in [5, 5.41) is 0. The molecule has 0 N–H and O–H groups in total. The Bertz CT molecular complexity index is 675. The number of hydrogen-bond acceptors (Lipinski definition) is 1. The van der Waals surface area contributed by atoms with Gasteiger partial charge in [-0.2, -0.15) is 0 Å². The molecule has 1 unspecified atom stereocenters. The van der Waals surface area contributed by atoms with Gasteiger partial charge in [-0.25, -0.2) is 0 Å². The summed E-state index contributed by atoms with van der Waals surface area (Å²) >= 11 is 3.49. The van der Waals surface area contributed by atoms with Gasteiger partial charge < -0.3 is 0 Å². The quantitative estimate of drug-likeness (QED) is 0.677. The van der Waals surface area contributed by atoms with Crippen molar-refractivity contribution in [2.24, 2.45) is 0 Å². The number of Topliss-reactive ketones (excluding diaryl/α,β-unsaturated/α-hetero) is 1. The molecule has 0 aliphatic heterocycles. The lowest BCUT2D eigenvalue weighted by Crippen LogP contribution is -2.14. The van der Waals surface area contributed by atoms with E-state index >= 15 is 0 Å². The molecule has 2 aromatic carbocycles. The van der Waals surface area contributed by atoms with E-state index in [0.717, 1.165) is 28.4 Å². The van der Waals surface area contributed by atoms with E-state index < -0.39 is 0 Å². The second kappa shape index (κ2) is 6.15. The van der Waals surface area contributed by atoms with Crippen molar-refractivity contribution < 1.29 is 4.79 Å². The third-order valence-corrected chi connectivity index (χ3v) is 5.30. The molecule has 0 saturated carbocycles. The van der Waals surface area contributed by atoms with Crippen molar-refractivity contribution in [1.29, 1.82) is 0 Å². The van der Waals surface area contributed by atoms with Gasteiger partial charge in [-0.15, -0.1) is 0 Å². The van der Waals surface area contributed by atoms with E-state index in [2.05, 4.69) is 40.2 Å². The van der Waals surface area contributed by atoms with Crippen LogP contribution in [0.5, 0.6) is 0 Å². The molecule has 108 valence electrons. The van der Waals surface area contributed by atoms with Gasteiger partial charge in [-0.1, -0.05) is 46.3 Å². The second-order valence-electron chi connectivity index (χ2n) is 5.88. The lowest BCUT2D eigenvalue weighted by Gasteiger charge is -2.25. The fourth-order valence-electron chi connectivity index (χ4n) is 3.23. The molecule has 0 fully saturated rings. The summed E-state index contributed by atoms with van der Waals surface area (Å²) in [5.74, 6) is 0.638. The van der Waals surface area contributed by atoms with Crippen molar-refractivity contribution in [3.05, 3.63) is 69.2 Å². The van der Waals surface area contributed by atoms with Gasteiger partial charge in [0.25, 0.3) is 0 Å². The van der Waals surface area contributed by atoms with Gasteiger partial charge in [0.05, 0.1) is 0 Å². The number of hydrogen-bond donors (Lipinski definition) is 0. The molecule has 0 aromatic heterocycles. The van der Waals surface area contributed by atoms with Gasteiger partial charge >= 0.3 is 0 Å². The molecule has 1 nitrogen and oxygen atoms in total. The van der Waals surface area contributed by atoms with E-state index in [4.69, 9.17) is 0 Å². The van der Waals surface area contributed by atoms with Crippen molar-refractivity contribution in [2.45, 2.75) is 38.5 Å². The lowest BCUT2D eigenvalue weighted by atomic mass is 9.79. The number of rotatable bonds is 3. The van der Waals surface area contributed by atoms with Gasteiger partial charge in [0.2, 0.25) is 0 Å². The Morgan fingerprint density at radius 1 is 1.24 bits per heavy atom. The predicted molar refractivity (Wildman–Crippen MR) is 89.9 cm³/mol. The normalized spacial score (nSPS) is 17.3. The van der Waals surface area contributed by atoms with Crippen LogP contribution in [0.4, 0.5) is 0 Å². The highest BCUT2D eigenvalue weighted by atomic mass is 79.9. The maximum atomic E-state index is 12.6. The first-order valence-corrected chi connectivity index (χ1v) is 8.31. The predicted octanol–water partition coefficient (Wildman–Crippen LogP) is 5.45. The average molecular weight is 343 g/mol. The van der Waals surface area contributed by atoms with E-state index in [-0.39, 0.29) is 5.78 Å². The number of halogens is 1. The van der Waals surface area contributed by atoms with Crippen LogP contribution < -0.4 is 0 Å². The van der Waals surface area contributed by atoms with Crippen LogP contribution in [-0.4, -0.2) is 5.78 Å². The molecule has 1 atom stereocenters. The first-order valence-electron chi connectivity index (χ1n) is 7.52. The van der Waals surface area contributed by atoms with E-state index in [9.17, 15) is 4.79 Å². The Balaban J connectivity index is 1.81. The lowest BCUT2D eigenvalue weighted by molar-refractivity contribution is 0.0971. The Hall–Kier alpha value is -1.41. The molecule has 0 heterocycles. The monoisotopic (exact) mass is 342 g/mol. The Labute approximate surface area is 134 Å². The number of carbonyl (C=O) groups excluding carboxylic acids is 1. The molecule has 2 aromatic rings. The van der Waals surface area contributed by atoms with Crippen LogP contribution in [0.25, 0.3) is 0 Å².